The van der Waals surface area contributed by atoms with Crippen molar-refractivity contribution in [2.75, 3.05) is 92.4 Å². The molecule has 0 saturated carbocycles. The third kappa shape index (κ3) is 28.9. The smallest absolute Gasteiger partial charge is 0.220 e. The van der Waals surface area contributed by atoms with Gasteiger partial charge in [-0.25, -0.2) is 0 Å². The maximum atomic E-state index is 11.7. The summed E-state index contributed by atoms with van der Waals surface area (Å²) in [6, 6.07) is 0. The van der Waals surface area contributed by atoms with Crippen molar-refractivity contribution in [3.8, 4) is 0 Å². The van der Waals surface area contributed by atoms with E-state index >= 15 is 0 Å². The molecule has 2 N–H and O–H groups in total. The molecule has 0 fully saturated rings. The van der Waals surface area contributed by atoms with Crippen molar-refractivity contribution >= 4 is 11.7 Å². The SMILES string of the molecule is CC(=O)COCCOCCOCCOCCOCCOCCNC(=O)CCCCCCCCO. The molecule has 0 spiro atoms. The van der Waals surface area contributed by atoms with E-state index in [-0.39, 0.29) is 24.9 Å². The van der Waals surface area contributed by atoms with Gasteiger partial charge in [0.25, 0.3) is 0 Å². The highest BCUT2D eigenvalue weighted by molar-refractivity contribution is 5.76. The maximum Gasteiger partial charge on any atom is 0.220 e. The summed E-state index contributed by atoms with van der Waals surface area (Å²) >= 11 is 0. The number of hydrogen-bond acceptors (Lipinski definition) is 9. The van der Waals surface area contributed by atoms with Gasteiger partial charge in [-0.05, 0) is 19.8 Å². The van der Waals surface area contributed by atoms with Gasteiger partial charge in [-0.3, -0.25) is 9.59 Å². The molecule has 0 heterocycles. The van der Waals surface area contributed by atoms with Crippen LogP contribution in [0.5, 0.6) is 0 Å². The van der Waals surface area contributed by atoms with Crippen LogP contribution in [0.25, 0.3) is 0 Å². The number of amides is 1. The Labute approximate surface area is 204 Å². The lowest BCUT2D eigenvalue weighted by Gasteiger charge is -2.08. The third-order valence-electron chi connectivity index (χ3n) is 4.55. The van der Waals surface area contributed by atoms with E-state index in [2.05, 4.69) is 5.32 Å². The summed E-state index contributed by atoms with van der Waals surface area (Å²) < 4.78 is 32.0. The Morgan fingerprint density at radius 2 is 1.00 bits per heavy atom. The van der Waals surface area contributed by atoms with Crippen molar-refractivity contribution in [1.29, 1.82) is 0 Å². The first-order valence-corrected chi connectivity index (χ1v) is 12.5. The fraction of sp³-hybridized carbons (Fsp3) is 0.917. The molecule has 10 heteroatoms. The number of aliphatic hydroxyl groups is 1. The molecule has 0 aromatic carbocycles. The van der Waals surface area contributed by atoms with Crippen molar-refractivity contribution in [2.24, 2.45) is 0 Å². The Hall–Kier alpha value is -1.14. The Morgan fingerprint density at radius 1 is 0.588 bits per heavy atom. The topological polar surface area (TPSA) is 122 Å². The van der Waals surface area contributed by atoms with Gasteiger partial charge in [0.1, 0.15) is 6.61 Å². The van der Waals surface area contributed by atoms with E-state index < -0.39 is 0 Å². The molecule has 0 aliphatic heterocycles. The standard InChI is InChI=1S/C24H47NO9/c1-23(27)22-34-21-20-33-19-18-32-17-16-31-15-14-30-13-12-29-11-9-25-24(28)8-6-4-2-3-5-7-10-26/h26H,2-22H2,1H3,(H,25,28). The number of aliphatic hydroxyl groups excluding tert-OH is 1. The number of ether oxygens (including phenoxy) is 6. The second kappa shape index (κ2) is 28.1. The number of carbonyl (C=O) groups excluding carboxylic acids is 2. The molecule has 34 heavy (non-hydrogen) atoms. The van der Waals surface area contributed by atoms with E-state index in [9.17, 15) is 9.59 Å². The molecule has 0 saturated heterocycles. The quantitative estimate of drug-likeness (QED) is 0.156. The van der Waals surface area contributed by atoms with E-state index in [4.69, 9.17) is 33.5 Å². The van der Waals surface area contributed by atoms with Crippen LogP contribution in [0.4, 0.5) is 0 Å². The van der Waals surface area contributed by atoms with Crippen molar-refractivity contribution < 1.29 is 43.1 Å². The molecule has 0 rings (SSSR count). The van der Waals surface area contributed by atoms with Crippen LogP contribution >= 0.6 is 0 Å². The third-order valence-corrected chi connectivity index (χ3v) is 4.55. The summed E-state index contributed by atoms with van der Waals surface area (Å²) in [7, 11) is 0. The van der Waals surface area contributed by atoms with Gasteiger partial charge < -0.3 is 38.8 Å². The van der Waals surface area contributed by atoms with E-state index in [1.807, 2.05) is 0 Å². The van der Waals surface area contributed by atoms with Gasteiger partial charge in [0, 0.05) is 19.6 Å². The number of ketones is 1. The number of Topliss-reactive ketones (excluding diaryl/α,β-unsaturated/α-hetero) is 1. The molecular formula is C24H47NO9. The summed E-state index contributed by atoms with van der Waals surface area (Å²) in [5.41, 5.74) is 0. The van der Waals surface area contributed by atoms with Crippen LogP contribution < -0.4 is 5.32 Å². The van der Waals surface area contributed by atoms with E-state index in [1.54, 1.807) is 0 Å². The average molecular weight is 494 g/mol. The molecule has 0 aromatic rings. The van der Waals surface area contributed by atoms with E-state index in [0.717, 1.165) is 38.5 Å². The van der Waals surface area contributed by atoms with Crippen LogP contribution in [0.15, 0.2) is 0 Å². The summed E-state index contributed by atoms with van der Waals surface area (Å²) in [6.45, 7) is 7.58. The molecule has 0 radical (unpaired) electrons. The minimum absolute atomic E-state index is 0.00340. The van der Waals surface area contributed by atoms with Crippen molar-refractivity contribution in [1.82, 2.24) is 5.32 Å². The molecule has 202 valence electrons. The molecule has 1 amide bonds. The largest absolute Gasteiger partial charge is 0.396 e. The predicted octanol–water partition coefficient (Wildman–Crippen LogP) is 1.51. The number of hydrogen-bond donors (Lipinski definition) is 2. The molecule has 0 bridgehead atoms. The highest BCUT2D eigenvalue weighted by Gasteiger charge is 2.01. The zero-order valence-electron chi connectivity index (χ0n) is 21.1. The highest BCUT2D eigenvalue weighted by Crippen LogP contribution is 2.06. The average Bonchev–Trinajstić information content (AvgIpc) is 2.82. The van der Waals surface area contributed by atoms with Crippen molar-refractivity contribution in [2.45, 2.75) is 51.9 Å². The summed E-state index contributed by atoms with van der Waals surface area (Å²) in [5.74, 6) is 0.0725. The lowest BCUT2D eigenvalue weighted by Crippen LogP contribution is -2.27. The number of unbranched alkanes of at least 4 members (excludes halogenated alkanes) is 5. The van der Waals surface area contributed by atoms with Crippen LogP contribution in [-0.4, -0.2) is 109 Å². The second-order valence-corrected chi connectivity index (χ2v) is 7.76. The second-order valence-electron chi connectivity index (χ2n) is 7.76. The van der Waals surface area contributed by atoms with Gasteiger partial charge in [0.15, 0.2) is 5.78 Å². The minimum Gasteiger partial charge on any atom is -0.396 e. The molecule has 0 aliphatic carbocycles. The van der Waals surface area contributed by atoms with Crippen LogP contribution in [-0.2, 0) is 38.0 Å². The fourth-order valence-corrected chi connectivity index (χ4v) is 2.77. The first kappa shape index (κ1) is 32.9. The molecule has 0 aromatic heterocycles. The zero-order chi connectivity index (χ0) is 25.0. The van der Waals surface area contributed by atoms with Crippen LogP contribution in [0.3, 0.4) is 0 Å². The van der Waals surface area contributed by atoms with Gasteiger partial charge in [0.2, 0.25) is 5.91 Å². The fourth-order valence-electron chi connectivity index (χ4n) is 2.77. The van der Waals surface area contributed by atoms with Gasteiger partial charge in [0.05, 0.1) is 72.7 Å². The molecule has 0 aliphatic rings. The summed E-state index contributed by atoms with van der Waals surface area (Å²) in [5, 5.41) is 11.6. The van der Waals surface area contributed by atoms with Gasteiger partial charge >= 0.3 is 0 Å². The highest BCUT2D eigenvalue weighted by atomic mass is 16.6. The van der Waals surface area contributed by atoms with Crippen molar-refractivity contribution in [3.05, 3.63) is 0 Å². The predicted molar refractivity (Wildman–Crippen MR) is 128 cm³/mol. The molecule has 10 nitrogen and oxygen atoms in total. The number of rotatable bonds is 28. The van der Waals surface area contributed by atoms with Crippen LogP contribution in [0.2, 0.25) is 0 Å². The van der Waals surface area contributed by atoms with E-state index in [1.165, 1.54) is 6.92 Å². The molecule has 0 unspecified atom stereocenters. The Kier molecular flexibility index (Phi) is 27.2. The van der Waals surface area contributed by atoms with Crippen LogP contribution in [0, 0.1) is 0 Å². The molecule has 0 atom stereocenters. The van der Waals surface area contributed by atoms with E-state index in [0.29, 0.717) is 85.6 Å². The Bertz CT molecular complexity index is 452. The first-order chi connectivity index (χ1) is 16.7. The summed E-state index contributed by atoms with van der Waals surface area (Å²) in [4.78, 5) is 22.4. The maximum absolute atomic E-state index is 11.7. The normalized spacial score (nSPS) is 11.1. The first-order valence-electron chi connectivity index (χ1n) is 12.5. The lowest BCUT2D eigenvalue weighted by molar-refractivity contribution is -0.122. The van der Waals surface area contributed by atoms with Gasteiger partial charge in [-0.2, -0.15) is 0 Å². The Morgan fingerprint density at radius 3 is 1.47 bits per heavy atom. The Balaban J connectivity index is 3.12. The lowest BCUT2D eigenvalue weighted by atomic mass is 10.1. The van der Waals surface area contributed by atoms with Gasteiger partial charge in [-0.15, -0.1) is 0 Å². The monoisotopic (exact) mass is 493 g/mol. The van der Waals surface area contributed by atoms with Gasteiger partial charge in [-0.1, -0.05) is 25.7 Å². The number of nitrogens with one attached hydrogen (secondary N) is 1. The zero-order valence-corrected chi connectivity index (χ0v) is 21.1. The molecular weight excluding hydrogens is 446 g/mol. The number of carbonyl (C=O) groups is 2. The minimum atomic E-state index is 0.00340. The summed E-state index contributed by atoms with van der Waals surface area (Å²) in [6.07, 6.45) is 6.69. The van der Waals surface area contributed by atoms with Crippen LogP contribution in [0.1, 0.15) is 51.9 Å². The van der Waals surface area contributed by atoms with Crippen molar-refractivity contribution in [3.63, 3.8) is 0 Å².